The standard InChI is InChI=1S/C22H29NO2/c1-5-21(20-13-10-17(3)15-18(20)4)23-22(24)7-6-14-25-19-11-8-16(2)9-12-19/h8-13,15,21H,5-7,14H2,1-4H3,(H,23,24). The fourth-order valence-electron chi connectivity index (χ4n) is 2.94. The number of hydrogen-bond acceptors (Lipinski definition) is 2. The number of carbonyl (C=O) groups excluding carboxylic acids is 1. The van der Waals surface area contributed by atoms with Gasteiger partial charge >= 0.3 is 0 Å². The van der Waals surface area contributed by atoms with Crippen molar-refractivity contribution in [3.05, 3.63) is 64.7 Å². The molecule has 0 spiro atoms. The van der Waals surface area contributed by atoms with Crippen molar-refractivity contribution in [2.45, 2.75) is 53.0 Å². The lowest BCUT2D eigenvalue weighted by atomic mass is 9.97. The van der Waals surface area contributed by atoms with Crippen LogP contribution in [0.15, 0.2) is 42.5 Å². The Hall–Kier alpha value is -2.29. The summed E-state index contributed by atoms with van der Waals surface area (Å²) in [6, 6.07) is 14.4. The normalized spacial score (nSPS) is 11.8. The third kappa shape index (κ3) is 5.93. The van der Waals surface area contributed by atoms with E-state index in [0.717, 1.165) is 12.2 Å². The number of benzene rings is 2. The molecule has 0 aliphatic heterocycles. The molecule has 0 radical (unpaired) electrons. The van der Waals surface area contributed by atoms with Gasteiger partial charge in [0.15, 0.2) is 0 Å². The van der Waals surface area contributed by atoms with Crippen molar-refractivity contribution < 1.29 is 9.53 Å². The first kappa shape index (κ1) is 19.0. The summed E-state index contributed by atoms with van der Waals surface area (Å²) in [5.74, 6) is 0.937. The molecule has 0 aliphatic rings. The first-order valence-corrected chi connectivity index (χ1v) is 9.05. The van der Waals surface area contributed by atoms with E-state index < -0.39 is 0 Å². The average molecular weight is 339 g/mol. The van der Waals surface area contributed by atoms with Crippen LogP contribution in [0.5, 0.6) is 5.75 Å². The van der Waals surface area contributed by atoms with Crippen molar-refractivity contribution in [3.8, 4) is 5.75 Å². The number of amides is 1. The smallest absolute Gasteiger partial charge is 0.220 e. The van der Waals surface area contributed by atoms with Gasteiger partial charge in [0.2, 0.25) is 5.91 Å². The highest BCUT2D eigenvalue weighted by molar-refractivity contribution is 5.76. The molecule has 3 nitrogen and oxygen atoms in total. The molecule has 2 rings (SSSR count). The quantitative estimate of drug-likeness (QED) is 0.684. The van der Waals surface area contributed by atoms with E-state index in [1.807, 2.05) is 31.2 Å². The summed E-state index contributed by atoms with van der Waals surface area (Å²) in [4.78, 5) is 12.3. The molecule has 0 aliphatic carbocycles. The Labute approximate surface area is 151 Å². The number of nitrogens with one attached hydrogen (secondary N) is 1. The van der Waals surface area contributed by atoms with Crippen LogP contribution >= 0.6 is 0 Å². The van der Waals surface area contributed by atoms with Crippen molar-refractivity contribution in [2.75, 3.05) is 6.61 Å². The van der Waals surface area contributed by atoms with E-state index in [1.165, 1.54) is 22.3 Å². The minimum atomic E-state index is 0.0751. The van der Waals surface area contributed by atoms with Crippen LogP contribution < -0.4 is 10.1 Å². The van der Waals surface area contributed by atoms with Crippen molar-refractivity contribution in [1.29, 1.82) is 0 Å². The Morgan fingerprint density at radius 1 is 1.04 bits per heavy atom. The number of hydrogen-bond donors (Lipinski definition) is 1. The molecule has 2 aromatic rings. The minimum absolute atomic E-state index is 0.0751. The Morgan fingerprint density at radius 2 is 1.72 bits per heavy atom. The van der Waals surface area contributed by atoms with Crippen molar-refractivity contribution in [3.63, 3.8) is 0 Å². The van der Waals surface area contributed by atoms with E-state index in [1.54, 1.807) is 0 Å². The molecular formula is C22H29NO2. The highest BCUT2D eigenvalue weighted by Crippen LogP contribution is 2.22. The van der Waals surface area contributed by atoms with E-state index in [2.05, 4.69) is 44.3 Å². The Kier molecular flexibility index (Phi) is 7.05. The topological polar surface area (TPSA) is 38.3 Å². The predicted molar refractivity (Wildman–Crippen MR) is 103 cm³/mol. The van der Waals surface area contributed by atoms with Gasteiger partial charge in [-0.05, 0) is 56.9 Å². The van der Waals surface area contributed by atoms with E-state index in [-0.39, 0.29) is 11.9 Å². The predicted octanol–water partition coefficient (Wildman–Crippen LogP) is 5.04. The fraction of sp³-hybridized carbons (Fsp3) is 0.409. The summed E-state index contributed by atoms with van der Waals surface area (Å²) in [6.45, 7) is 8.90. The van der Waals surface area contributed by atoms with Crippen molar-refractivity contribution in [2.24, 2.45) is 0 Å². The lowest BCUT2D eigenvalue weighted by Gasteiger charge is -2.20. The molecule has 1 N–H and O–H groups in total. The monoisotopic (exact) mass is 339 g/mol. The third-order valence-corrected chi connectivity index (χ3v) is 4.38. The Balaban J connectivity index is 1.79. The highest BCUT2D eigenvalue weighted by atomic mass is 16.5. The maximum absolute atomic E-state index is 12.3. The van der Waals surface area contributed by atoms with Crippen LogP contribution in [-0.4, -0.2) is 12.5 Å². The molecule has 3 heteroatoms. The van der Waals surface area contributed by atoms with E-state index in [9.17, 15) is 4.79 Å². The zero-order valence-corrected chi connectivity index (χ0v) is 15.8. The molecule has 0 heterocycles. The van der Waals surface area contributed by atoms with Gasteiger partial charge in [-0.15, -0.1) is 0 Å². The third-order valence-electron chi connectivity index (χ3n) is 4.38. The second kappa shape index (κ2) is 9.26. The van der Waals surface area contributed by atoms with Crippen LogP contribution in [0, 0.1) is 20.8 Å². The molecule has 0 saturated carbocycles. The summed E-state index contributed by atoms with van der Waals surface area (Å²) in [6.07, 6.45) is 2.08. The van der Waals surface area contributed by atoms with Crippen LogP contribution in [0.1, 0.15) is 54.5 Å². The molecule has 1 atom stereocenters. The van der Waals surface area contributed by atoms with E-state index in [0.29, 0.717) is 19.4 Å². The van der Waals surface area contributed by atoms with Crippen LogP contribution in [0.25, 0.3) is 0 Å². The van der Waals surface area contributed by atoms with Crippen LogP contribution in [0.3, 0.4) is 0 Å². The van der Waals surface area contributed by atoms with Gasteiger partial charge in [0.1, 0.15) is 5.75 Å². The highest BCUT2D eigenvalue weighted by Gasteiger charge is 2.14. The second-order valence-corrected chi connectivity index (χ2v) is 6.65. The van der Waals surface area contributed by atoms with Gasteiger partial charge in [0, 0.05) is 6.42 Å². The second-order valence-electron chi connectivity index (χ2n) is 6.65. The summed E-state index contributed by atoms with van der Waals surface area (Å²) in [5, 5.41) is 3.15. The summed E-state index contributed by atoms with van der Waals surface area (Å²) in [7, 11) is 0. The molecular weight excluding hydrogens is 310 g/mol. The van der Waals surface area contributed by atoms with Gasteiger partial charge < -0.3 is 10.1 Å². The number of aryl methyl sites for hydroxylation is 3. The van der Waals surface area contributed by atoms with Gasteiger partial charge in [-0.2, -0.15) is 0 Å². The lowest BCUT2D eigenvalue weighted by molar-refractivity contribution is -0.122. The minimum Gasteiger partial charge on any atom is -0.494 e. The molecule has 0 bridgehead atoms. The Morgan fingerprint density at radius 3 is 2.36 bits per heavy atom. The van der Waals surface area contributed by atoms with Crippen LogP contribution in [0.2, 0.25) is 0 Å². The van der Waals surface area contributed by atoms with Crippen molar-refractivity contribution >= 4 is 5.91 Å². The fourth-order valence-corrected chi connectivity index (χ4v) is 2.94. The van der Waals surface area contributed by atoms with Gasteiger partial charge in [0.05, 0.1) is 12.6 Å². The molecule has 2 aromatic carbocycles. The SMILES string of the molecule is CCC(NC(=O)CCCOc1ccc(C)cc1)c1ccc(C)cc1C. The number of rotatable bonds is 8. The molecule has 25 heavy (non-hydrogen) atoms. The first-order valence-electron chi connectivity index (χ1n) is 9.05. The number of ether oxygens (including phenoxy) is 1. The zero-order chi connectivity index (χ0) is 18.2. The van der Waals surface area contributed by atoms with Gasteiger partial charge in [-0.25, -0.2) is 0 Å². The van der Waals surface area contributed by atoms with Gasteiger partial charge in [0.25, 0.3) is 0 Å². The molecule has 0 fully saturated rings. The lowest BCUT2D eigenvalue weighted by Crippen LogP contribution is -2.28. The largest absolute Gasteiger partial charge is 0.494 e. The summed E-state index contributed by atoms with van der Waals surface area (Å²) < 4.78 is 5.68. The van der Waals surface area contributed by atoms with Crippen LogP contribution in [0.4, 0.5) is 0 Å². The molecule has 0 saturated heterocycles. The molecule has 1 unspecified atom stereocenters. The van der Waals surface area contributed by atoms with E-state index >= 15 is 0 Å². The zero-order valence-electron chi connectivity index (χ0n) is 15.8. The average Bonchev–Trinajstić information content (AvgIpc) is 2.58. The Bertz CT molecular complexity index is 692. The summed E-state index contributed by atoms with van der Waals surface area (Å²) in [5.41, 5.74) is 4.90. The maximum Gasteiger partial charge on any atom is 0.220 e. The first-order chi connectivity index (χ1) is 12.0. The van der Waals surface area contributed by atoms with E-state index in [4.69, 9.17) is 4.74 Å². The van der Waals surface area contributed by atoms with Gasteiger partial charge in [-0.3, -0.25) is 4.79 Å². The molecule has 134 valence electrons. The van der Waals surface area contributed by atoms with Gasteiger partial charge in [-0.1, -0.05) is 48.4 Å². The van der Waals surface area contributed by atoms with Crippen molar-refractivity contribution in [1.82, 2.24) is 5.32 Å². The van der Waals surface area contributed by atoms with Crippen LogP contribution in [-0.2, 0) is 4.79 Å². The molecule has 0 aromatic heterocycles. The summed E-state index contributed by atoms with van der Waals surface area (Å²) >= 11 is 0. The molecule has 1 amide bonds. The maximum atomic E-state index is 12.3. The number of carbonyl (C=O) groups is 1.